The molecule has 6 heteroatoms. The zero-order valence-corrected chi connectivity index (χ0v) is 18.5. The van der Waals surface area contributed by atoms with Crippen molar-refractivity contribution in [3.05, 3.63) is 60.7 Å². The molecule has 0 bridgehead atoms. The number of likely N-dealkylation sites (N-methyl/N-ethyl adjacent to an activating group) is 1. The molecule has 3 aromatic rings. The van der Waals surface area contributed by atoms with Crippen LogP contribution in [0.2, 0.25) is 0 Å². The monoisotopic (exact) mass is 421 g/mol. The predicted molar refractivity (Wildman–Crippen MR) is 122 cm³/mol. The minimum absolute atomic E-state index is 0.135. The third-order valence-electron chi connectivity index (χ3n) is 6.66. The van der Waals surface area contributed by atoms with E-state index in [0.717, 1.165) is 30.0 Å². The van der Waals surface area contributed by atoms with E-state index in [4.69, 9.17) is 4.74 Å². The van der Waals surface area contributed by atoms with Gasteiger partial charge in [-0.05, 0) is 81.2 Å². The van der Waals surface area contributed by atoms with Gasteiger partial charge < -0.3 is 19.3 Å². The van der Waals surface area contributed by atoms with E-state index in [1.807, 2.05) is 36.9 Å². The Morgan fingerprint density at radius 3 is 2.48 bits per heavy atom. The molecule has 0 spiro atoms. The van der Waals surface area contributed by atoms with Crippen LogP contribution in [0.5, 0.6) is 5.75 Å². The molecule has 1 N–H and O–H groups in total. The van der Waals surface area contributed by atoms with Gasteiger partial charge in [-0.25, -0.2) is 9.78 Å². The van der Waals surface area contributed by atoms with E-state index in [1.54, 1.807) is 0 Å². The molecule has 0 aliphatic heterocycles. The van der Waals surface area contributed by atoms with Crippen LogP contribution in [0.25, 0.3) is 10.8 Å². The maximum absolute atomic E-state index is 12.0. The van der Waals surface area contributed by atoms with Gasteiger partial charge in [0.1, 0.15) is 5.75 Å². The van der Waals surface area contributed by atoms with Crippen molar-refractivity contribution in [1.82, 2.24) is 14.5 Å². The normalized spacial score (nSPS) is 18.1. The molecule has 1 aromatic heterocycles. The van der Waals surface area contributed by atoms with Crippen molar-refractivity contribution in [3.63, 3.8) is 0 Å². The van der Waals surface area contributed by atoms with Crippen molar-refractivity contribution in [2.24, 2.45) is 0 Å². The van der Waals surface area contributed by atoms with E-state index in [0.29, 0.717) is 18.6 Å². The van der Waals surface area contributed by atoms with Gasteiger partial charge in [0.25, 0.3) is 0 Å². The number of ether oxygens (including phenoxy) is 1. The number of carboxylic acids is 1. The van der Waals surface area contributed by atoms with Crippen LogP contribution in [0.4, 0.5) is 0 Å². The first-order chi connectivity index (χ1) is 14.9. The fourth-order valence-electron chi connectivity index (χ4n) is 4.61. The number of benzene rings is 2. The second kappa shape index (κ2) is 8.71. The number of hydrogen-bond acceptors (Lipinski definition) is 4. The van der Waals surface area contributed by atoms with Crippen molar-refractivity contribution < 1.29 is 14.6 Å². The lowest BCUT2D eigenvalue weighted by Crippen LogP contribution is -2.46. The van der Waals surface area contributed by atoms with E-state index < -0.39 is 11.6 Å². The third-order valence-corrected chi connectivity index (χ3v) is 6.66. The highest BCUT2D eigenvalue weighted by Gasteiger charge is 2.42. The molecule has 164 valence electrons. The average molecular weight is 422 g/mol. The van der Waals surface area contributed by atoms with Gasteiger partial charge in [0, 0.05) is 18.4 Å². The minimum Gasteiger partial charge on any atom is -0.478 e. The molecule has 1 aliphatic rings. The molecule has 31 heavy (non-hydrogen) atoms. The Hall–Kier alpha value is -2.86. The van der Waals surface area contributed by atoms with Crippen molar-refractivity contribution in [2.45, 2.75) is 56.7 Å². The molecule has 1 aliphatic carbocycles. The Morgan fingerprint density at radius 1 is 1.13 bits per heavy atom. The maximum Gasteiger partial charge on any atom is 0.348 e. The van der Waals surface area contributed by atoms with Gasteiger partial charge in [0.05, 0.1) is 12.4 Å². The quantitative estimate of drug-likeness (QED) is 0.597. The lowest BCUT2D eigenvalue weighted by Gasteiger charge is -2.33. The van der Waals surface area contributed by atoms with Gasteiger partial charge in [0.15, 0.2) is 0 Å². The van der Waals surface area contributed by atoms with Crippen molar-refractivity contribution in [2.75, 3.05) is 14.1 Å². The van der Waals surface area contributed by atoms with Crippen LogP contribution in [0.3, 0.4) is 0 Å². The highest BCUT2D eigenvalue weighted by molar-refractivity contribution is 5.85. The molecule has 2 atom stereocenters. The largest absolute Gasteiger partial charge is 0.478 e. The molecule has 2 unspecified atom stereocenters. The van der Waals surface area contributed by atoms with E-state index in [1.165, 1.54) is 5.56 Å². The molecule has 0 radical (unpaired) electrons. The summed E-state index contributed by atoms with van der Waals surface area (Å²) in [6, 6.07) is 12.7. The summed E-state index contributed by atoms with van der Waals surface area (Å²) in [7, 11) is 4.17. The van der Waals surface area contributed by atoms with Crippen LogP contribution in [0.15, 0.2) is 55.1 Å². The molecule has 1 saturated carbocycles. The summed E-state index contributed by atoms with van der Waals surface area (Å²) in [5, 5.41) is 12.0. The Balaban J connectivity index is 1.65. The van der Waals surface area contributed by atoms with E-state index in [2.05, 4.69) is 53.7 Å². The van der Waals surface area contributed by atoms with Crippen molar-refractivity contribution in [1.29, 1.82) is 0 Å². The molecule has 0 saturated heterocycles. The van der Waals surface area contributed by atoms with Crippen molar-refractivity contribution >= 4 is 16.7 Å². The number of carboxylic acid groups (broad SMARTS) is 1. The van der Waals surface area contributed by atoms with Crippen LogP contribution in [0.1, 0.15) is 50.6 Å². The summed E-state index contributed by atoms with van der Waals surface area (Å²) >= 11 is 0. The Kier molecular flexibility index (Phi) is 6.01. The first-order valence-corrected chi connectivity index (χ1v) is 11.0. The molecule has 0 amide bonds. The Morgan fingerprint density at radius 2 is 1.84 bits per heavy atom. The second-order valence-electron chi connectivity index (χ2n) is 8.89. The number of fused-ring (bicyclic) bond motifs is 1. The van der Waals surface area contributed by atoms with Crippen LogP contribution in [-0.2, 0) is 4.79 Å². The van der Waals surface area contributed by atoms with E-state index in [-0.39, 0.29) is 12.1 Å². The smallest absolute Gasteiger partial charge is 0.348 e. The molecule has 1 fully saturated rings. The Labute approximate surface area is 183 Å². The van der Waals surface area contributed by atoms with Gasteiger partial charge in [-0.15, -0.1) is 0 Å². The fraction of sp³-hybridized carbons (Fsp3) is 0.440. The van der Waals surface area contributed by atoms with Crippen LogP contribution in [-0.4, -0.2) is 51.3 Å². The second-order valence-corrected chi connectivity index (χ2v) is 8.89. The molecule has 1 heterocycles. The number of rotatable bonds is 7. The topological polar surface area (TPSA) is 67.6 Å². The molecule has 4 rings (SSSR count). The highest BCUT2D eigenvalue weighted by Crippen LogP contribution is 2.35. The lowest BCUT2D eigenvalue weighted by molar-refractivity contribution is -0.158. The van der Waals surface area contributed by atoms with E-state index >= 15 is 0 Å². The summed E-state index contributed by atoms with van der Waals surface area (Å²) in [5.41, 5.74) is 0.106. The van der Waals surface area contributed by atoms with Crippen molar-refractivity contribution in [3.8, 4) is 5.75 Å². The summed E-state index contributed by atoms with van der Waals surface area (Å²) < 4.78 is 8.24. The first kappa shape index (κ1) is 21.4. The first-order valence-electron chi connectivity index (χ1n) is 11.0. The zero-order valence-electron chi connectivity index (χ0n) is 18.5. The number of imidazole rings is 1. The number of hydrogen-bond donors (Lipinski definition) is 1. The van der Waals surface area contributed by atoms with Gasteiger partial charge in [-0.3, -0.25) is 0 Å². The zero-order chi connectivity index (χ0) is 22.0. The number of nitrogens with zero attached hydrogens (tertiary/aromatic N) is 3. The van der Waals surface area contributed by atoms with Gasteiger partial charge in [0.2, 0.25) is 5.60 Å². The maximum atomic E-state index is 12.0. The molecular weight excluding hydrogens is 390 g/mol. The minimum atomic E-state index is -1.10. The average Bonchev–Trinajstić information content (AvgIpc) is 3.28. The SMILES string of the molecule is CC(C(c1ccc2cc(OC3(C(=O)O)CCCCC3)ccc2c1)n1ccnc1)N(C)C. The number of carbonyl (C=O) groups is 1. The summed E-state index contributed by atoms with van der Waals surface area (Å²) in [4.78, 5) is 18.4. The van der Waals surface area contributed by atoms with Crippen LogP contribution >= 0.6 is 0 Å². The van der Waals surface area contributed by atoms with Crippen LogP contribution < -0.4 is 4.74 Å². The predicted octanol–water partition coefficient (Wildman–Crippen LogP) is 4.74. The molecule has 6 nitrogen and oxygen atoms in total. The molecular formula is C25H31N3O3. The fourth-order valence-corrected chi connectivity index (χ4v) is 4.61. The van der Waals surface area contributed by atoms with Gasteiger partial charge in [-0.2, -0.15) is 0 Å². The standard InChI is InChI=1S/C25H31N3O3/c1-18(27(2)3)23(28-14-13-26-17-28)21-8-7-20-16-22(10-9-19(20)15-21)31-25(24(29)30)11-5-4-6-12-25/h7-10,13-18,23H,4-6,11-12H2,1-3H3,(H,29,30). The van der Waals surface area contributed by atoms with Gasteiger partial charge >= 0.3 is 5.97 Å². The summed E-state index contributed by atoms with van der Waals surface area (Å²) in [6.07, 6.45) is 9.66. The Bertz CT molecular complexity index is 1040. The number of aliphatic carboxylic acids is 1. The summed E-state index contributed by atoms with van der Waals surface area (Å²) in [5.74, 6) is -0.235. The number of aromatic nitrogens is 2. The third kappa shape index (κ3) is 4.30. The highest BCUT2D eigenvalue weighted by atomic mass is 16.5. The molecule has 2 aromatic carbocycles. The summed E-state index contributed by atoms with van der Waals surface area (Å²) in [6.45, 7) is 2.21. The lowest BCUT2D eigenvalue weighted by atomic mass is 9.84. The van der Waals surface area contributed by atoms with Crippen LogP contribution in [0, 0.1) is 0 Å². The van der Waals surface area contributed by atoms with E-state index in [9.17, 15) is 9.90 Å². The van der Waals surface area contributed by atoms with Gasteiger partial charge in [-0.1, -0.05) is 24.6 Å².